The molecule has 4 nitrogen and oxygen atoms in total. The van der Waals surface area contributed by atoms with E-state index in [0.29, 0.717) is 12.2 Å². The van der Waals surface area contributed by atoms with E-state index in [9.17, 15) is 9.59 Å². The van der Waals surface area contributed by atoms with Crippen LogP contribution in [0.3, 0.4) is 0 Å². The number of amides is 1. The van der Waals surface area contributed by atoms with Gasteiger partial charge in [0.1, 0.15) is 5.75 Å². The lowest BCUT2D eigenvalue weighted by molar-refractivity contribution is -0.123. The van der Waals surface area contributed by atoms with Crippen molar-refractivity contribution in [3.63, 3.8) is 0 Å². The molecule has 5 heteroatoms. The standard InChI is InChI=1S/C17H17NO3S/c1-11(16-3-2-8-22-16)18-17(20)10-21-13-5-6-14-12(9-13)4-7-15(14)19/h2-3,5-6,8-9,11H,4,7,10H2,1H3,(H,18,20)/t11-/m1/s1. The third-order valence-corrected chi connectivity index (χ3v) is 4.77. The maximum Gasteiger partial charge on any atom is 0.258 e. The number of thiophene rings is 1. The largest absolute Gasteiger partial charge is 0.484 e. The van der Waals surface area contributed by atoms with Gasteiger partial charge in [-0.15, -0.1) is 11.3 Å². The Morgan fingerprint density at radius 3 is 3.00 bits per heavy atom. The molecule has 1 amide bonds. The van der Waals surface area contributed by atoms with Crippen LogP contribution in [0, 0.1) is 0 Å². The summed E-state index contributed by atoms with van der Waals surface area (Å²) < 4.78 is 5.53. The number of aryl methyl sites for hydroxylation is 1. The summed E-state index contributed by atoms with van der Waals surface area (Å²) in [5.41, 5.74) is 1.79. The molecule has 0 radical (unpaired) electrons. The number of carbonyl (C=O) groups excluding carboxylic acids is 2. The molecule has 0 spiro atoms. The van der Waals surface area contributed by atoms with Crippen molar-refractivity contribution >= 4 is 23.0 Å². The zero-order valence-electron chi connectivity index (χ0n) is 12.3. The first kappa shape index (κ1) is 14.8. The van der Waals surface area contributed by atoms with E-state index >= 15 is 0 Å². The van der Waals surface area contributed by atoms with E-state index in [2.05, 4.69) is 5.32 Å². The Balaban J connectivity index is 1.54. The average Bonchev–Trinajstić information content (AvgIpc) is 3.15. The number of carbonyl (C=O) groups is 2. The molecule has 1 aliphatic carbocycles. The molecular weight excluding hydrogens is 298 g/mol. The zero-order chi connectivity index (χ0) is 15.5. The number of fused-ring (bicyclic) bond motifs is 1. The number of benzene rings is 1. The van der Waals surface area contributed by atoms with Gasteiger partial charge in [-0.3, -0.25) is 9.59 Å². The van der Waals surface area contributed by atoms with Gasteiger partial charge in [-0.25, -0.2) is 0 Å². The summed E-state index contributed by atoms with van der Waals surface area (Å²) in [4.78, 5) is 24.6. The fourth-order valence-corrected chi connectivity index (χ4v) is 3.30. The highest BCUT2D eigenvalue weighted by atomic mass is 32.1. The molecule has 3 rings (SSSR count). The van der Waals surface area contributed by atoms with Gasteiger partial charge in [-0.2, -0.15) is 0 Å². The van der Waals surface area contributed by atoms with Crippen molar-refractivity contribution in [2.45, 2.75) is 25.8 Å². The Morgan fingerprint density at radius 2 is 2.23 bits per heavy atom. The smallest absolute Gasteiger partial charge is 0.258 e. The van der Waals surface area contributed by atoms with Crippen molar-refractivity contribution in [1.82, 2.24) is 5.32 Å². The Morgan fingerprint density at radius 1 is 1.36 bits per heavy atom. The Hall–Kier alpha value is -2.14. The van der Waals surface area contributed by atoms with Crippen molar-refractivity contribution in [3.05, 3.63) is 51.7 Å². The van der Waals surface area contributed by atoms with Gasteiger partial charge in [-0.1, -0.05) is 6.07 Å². The lowest BCUT2D eigenvalue weighted by Gasteiger charge is -2.13. The number of Topliss-reactive ketones (excluding diaryl/α,β-unsaturated/α-hetero) is 1. The highest BCUT2D eigenvalue weighted by molar-refractivity contribution is 7.10. The third-order valence-electron chi connectivity index (χ3n) is 3.72. The molecule has 2 aromatic rings. The second-order valence-corrected chi connectivity index (χ2v) is 6.31. The molecule has 1 N–H and O–H groups in total. The minimum absolute atomic E-state index is 0.0197. The van der Waals surface area contributed by atoms with Gasteiger partial charge in [0.05, 0.1) is 6.04 Å². The van der Waals surface area contributed by atoms with Crippen LogP contribution in [-0.4, -0.2) is 18.3 Å². The van der Waals surface area contributed by atoms with E-state index in [1.165, 1.54) is 0 Å². The third kappa shape index (κ3) is 3.20. The summed E-state index contributed by atoms with van der Waals surface area (Å²) in [5.74, 6) is 0.661. The second-order valence-electron chi connectivity index (χ2n) is 5.34. The normalized spacial score (nSPS) is 14.5. The van der Waals surface area contributed by atoms with E-state index in [1.807, 2.05) is 30.5 Å². The van der Waals surface area contributed by atoms with Gasteiger partial charge < -0.3 is 10.1 Å². The summed E-state index contributed by atoms with van der Waals surface area (Å²) in [6, 6.07) is 9.33. The van der Waals surface area contributed by atoms with Gasteiger partial charge >= 0.3 is 0 Å². The van der Waals surface area contributed by atoms with Crippen LogP contribution in [0.1, 0.15) is 40.2 Å². The number of hydrogen-bond acceptors (Lipinski definition) is 4. The van der Waals surface area contributed by atoms with E-state index in [4.69, 9.17) is 4.74 Å². The van der Waals surface area contributed by atoms with Crippen molar-refractivity contribution in [3.8, 4) is 5.75 Å². The molecule has 0 unspecified atom stereocenters. The SMILES string of the molecule is C[C@@H](NC(=O)COc1ccc2c(c1)CCC2=O)c1cccs1. The number of nitrogens with one attached hydrogen (secondary N) is 1. The van der Waals surface area contributed by atoms with Gasteiger partial charge in [0, 0.05) is 16.9 Å². The predicted octanol–water partition coefficient (Wildman–Crippen LogP) is 3.13. The highest BCUT2D eigenvalue weighted by Gasteiger charge is 2.19. The summed E-state index contributed by atoms with van der Waals surface area (Å²) in [5, 5.41) is 4.89. The van der Waals surface area contributed by atoms with Crippen molar-refractivity contribution in [2.75, 3.05) is 6.61 Å². The first-order valence-corrected chi connectivity index (χ1v) is 8.13. The quantitative estimate of drug-likeness (QED) is 0.922. The van der Waals surface area contributed by atoms with E-state index in [-0.39, 0.29) is 24.3 Å². The molecule has 1 aromatic heterocycles. The van der Waals surface area contributed by atoms with E-state index in [1.54, 1.807) is 23.5 Å². The van der Waals surface area contributed by atoms with Gasteiger partial charge in [0.25, 0.3) is 5.91 Å². The van der Waals surface area contributed by atoms with Crippen LogP contribution in [0.2, 0.25) is 0 Å². The van der Waals surface area contributed by atoms with E-state index in [0.717, 1.165) is 22.4 Å². The maximum atomic E-state index is 11.9. The molecule has 1 aliphatic rings. The molecule has 0 saturated heterocycles. The second kappa shape index (κ2) is 6.32. The average molecular weight is 315 g/mol. The number of hydrogen-bond donors (Lipinski definition) is 1. The molecular formula is C17H17NO3S. The summed E-state index contributed by atoms with van der Waals surface area (Å²) in [6.07, 6.45) is 1.32. The van der Waals surface area contributed by atoms with Crippen LogP contribution < -0.4 is 10.1 Å². The minimum atomic E-state index is -0.155. The van der Waals surface area contributed by atoms with Crippen LogP contribution in [0.25, 0.3) is 0 Å². The Bertz CT molecular complexity index is 694. The molecule has 1 atom stereocenters. The van der Waals surface area contributed by atoms with Crippen LogP contribution in [0.4, 0.5) is 0 Å². The van der Waals surface area contributed by atoms with Gasteiger partial charge in [-0.05, 0) is 48.6 Å². The van der Waals surface area contributed by atoms with Crippen LogP contribution >= 0.6 is 11.3 Å². The molecule has 0 bridgehead atoms. The van der Waals surface area contributed by atoms with Crippen LogP contribution in [0.5, 0.6) is 5.75 Å². The number of rotatable bonds is 5. The van der Waals surface area contributed by atoms with E-state index < -0.39 is 0 Å². The fourth-order valence-electron chi connectivity index (χ4n) is 2.56. The lowest BCUT2D eigenvalue weighted by Crippen LogP contribution is -2.30. The molecule has 0 aliphatic heterocycles. The first-order valence-electron chi connectivity index (χ1n) is 7.25. The van der Waals surface area contributed by atoms with Crippen LogP contribution in [0.15, 0.2) is 35.7 Å². The fraction of sp³-hybridized carbons (Fsp3) is 0.294. The van der Waals surface area contributed by atoms with Gasteiger partial charge in [0.2, 0.25) is 0 Å². The molecule has 1 aromatic carbocycles. The maximum absolute atomic E-state index is 11.9. The molecule has 0 saturated carbocycles. The predicted molar refractivity (Wildman–Crippen MR) is 85.5 cm³/mol. The van der Waals surface area contributed by atoms with Crippen molar-refractivity contribution in [1.29, 1.82) is 0 Å². The summed E-state index contributed by atoms with van der Waals surface area (Å²) >= 11 is 1.61. The monoisotopic (exact) mass is 315 g/mol. The summed E-state index contributed by atoms with van der Waals surface area (Å²) in [6.45, 7) is 1.92. The number of ketones is 1. The topological polar surface area (TPSA) is 55.4 Å². The molecule has 22 heavy (non-hydrogen) atoms. The van der Waals surface area contributed by atoms with Crippen molar-refractivity contribution in [2.24, 2.45) is 0 Å². The molecule has 0 fully saturated rings. The lowest BCUT2D eigenvalue weighted by atomic mass is 10.1. The molecule has 1 heterocycles. The minimum Gasteiger partial charge on any atom is -0.484 e. The molecule has 114 valence electrons. The summed E-state index contributed by atoms with van der Waals surface area (Å²) in [7, 11) is 0. The Kier molecular flexibility index (Phi) is 4.24. The zero-order valence-corrected chi connectivity index (χ0v) is 13.1. The highest BCUT2D eigenvalue weighted by Crippen LogP contribution is 2.26. The van der Waals surface area contributed by atoms with Crippen molar-refractivity contribution < 1.29 is 14.3 Å². The first-order chi connectivity index (χ1) is 10.6. The number of ether oxygens (including phenoxy) is 1. The van der Waals surface area contributed by atoms with Gasteiger partial charge in [0.15, 0.2) is 12.4 Å². The van der Waals surface area contributed by atoms with Crippen LogP contribution in [-0.2, 0) is 11.2 Å². The Labute approximate surface area is 133 Å².